The molecule has 0 saturated carbocycles. The monoisotopic (exact) mass is 511 g/mol. The van der Waals surface area contributed by atoms with Crippen molar-refractivity contribution in [3.63, 3.8) is 0 Å². The molecule has 37 heavy (non-hydrogen) atoms. The van der Waals surface area contributed by atoms with Crippen molar-refractivity contribution >= 4 is 23.5 Å². The summed E-state index contributed by atoms with van der Waals surface area (Å²) in [4.78, 5) is 27.1. The molecule has 1 amide bonds. The lowest BCUT2D eigenvalue weighted by Crippen LogP contribution is -2.41. The van der Waals surface area contributed by atoms with Gasteiger partial charge >= 0.3 is 5.97 Å². The van der Waals surface area contributed by atoms with Gasteiger partial charge in [0.25, 0.3) is 5.91 Å². The normalized spacial score (nSPS) is 16.9. The van der Waals surface area contributed by atoms with Crippen LogP contribution < -0.4 is 4.74 Å². The Morgan fingerprint density at radius 3 is 2.24 bits per heavy atom. The minimum absolute atomic E-state index is 0.324. The summed E-state index contributed by atoms with van der Waals surface area (Å²) in [5, 5.41) is 10.4. The molecule has 0 bridgehead atoms. The molecule has 2 atom stereocenters. The summed E-state index contributed by atoms with van der Waals surface area (Å²) in [6.45, 7) is 0.448. The number of benzene rings is 4. The highest BCUT2D eigenvalue weighted by molar-refractivity contribution is 6.31. The number of halogens is 1. The molecule has 5 rings (SSSR count). The van der Waals surface area contributed by atoms with Gasteiger partial charge in [0.15, 0.2) is 0 Å². The van der Waals surface area contributed by atoms with E-state index < -0.39 is 18.1 Å². The van der Waals surface area contributed by atoms with E-state index in [4.69, 9.17) is 16.3 Å². The quantitative estimate of drug-likeness (QED) is 0.289. The first-order valence-corrected chi connectivity index (χ1v) is 12.6. The Hall–Kier alpha value is -4.09. The molecule has 1 fully saturated rings. The largest absolute Gasteiger partial charge is 0.488 e. The number of nitrogens with zero attached hydrogens (tertiary/aromatic N) is 1. The Morgan fingerprint density at radius 1 is 0.838 bits per heavy atom. The molecule has 1 aliphatic rings. The minimum atomic E-state index is -1.01. The van der Waals surface area contributed by atoms with E-state index >= 15 is 0 Å². The van der Waals surface area contributed by atoms with E-state index in [1.165, 1.54) is 4.90 Å². The molecule has 6 heteroatoms. The predicted octanol–water partition coefficient (Wildman–Crippen LogP) is 7.02. The number of aliphatic carboxylic acids is 1. The highest BCUT2D eigenvalue weighted by atomic mass is 35.5. The molecule has 2 unspecified atom stereocenters. The lowest BCUT2D eigenvalue weighted by molar-refractivity contribution is -0.141. The Balaban J connectivity index is 1.40. The number of carboxylic acid groups (broad SMARTS) is 1. The Labute approximate surface area is 220 Å². The molecule has 4 aromatic carbocycles. The second kappa shape index (κ2) is 10.9. The summed E-state index contributed by atoms with van der Waals surface area (Å²) in [5.74, 6) is -0.589. The van der Waals surface area contributed by atoms with Crippen molar-refractivity contribution in [3.05, 3.63) is 125 Å². The van der Waals surface area contributed by atoms with E-state index in [1.807, 2.05) is 84.9 Å². The average Bonchev–Trinajstić information content (AvgIpc) is 3.38. The van der Waals surface area contributed by atoms with Crippen molar-refractivity contribution in [2.24, 2.45) is 0 Å². The molecule has 5 nitrogen and oxygen atoms in total. The van der Waals surface area contributed by atoms with Crippen LogP contribution in [0.5, 0.6) is 5.75 Å². The van der Waals surface area contributed by atoms with Crippen LogP contribution in [0.2, 0.25) is 5.02 Å². The number of carboxylic acids is 1. The molecule has 0 spiro atoms. The maximum atomic E-state index is 13.6. The summed E-state index contributed by atoms with van der Waals surface area (Å²) in [5.41, 5.74) is 4.08. The Bertz CT molecular complexity index is 1400. The van der Waals surface area contributed by atoms with Crippen molar-refractivity contribution in [1.82, 2.24) is 4.90 Å². The zero-order chi connectivity index (χ0) is 25.8. The molecule has 1 aliphatic heterocycles. The summed E-state index contributed by atoms with van der Waals surface area (Å²) >= 11 is 6.42. The smallest absolute Gasteiger partial charge is 0.326 e. The van der Waals surface area contributed by atoms with Crippen LogP contribution in [0.15, 0.2) is 103 Å². The summed E-state index contributed by atoms with van der Waals surface area (Å²) in [6, 6.07) is 30.9. The van der Waals surface area contributed by atoms with Gasteiger partial charge in [0.1, 0.15) is 18.4 Å². The zero-order valence-electron chi connectivity index (χ0n) is 20.1. The number of likely N-dealkylation sites (tertiary alicyclic amines) is 1. The standard InChI is InChI=1S/C31H26ClNO4/c32-26-12-6-4-11-25(26)27-18-19-28(31(35)36)33(27)30(34)23-16-14-22(15-17-23)24-10-5-7-13-29(24)37-20-21-8-2-1-3-9-21/h1-17,27-28H,18-20H2,(H,35,36). The van der Waals surface area contributed by atoms with E-state index in [-0.39, 0.29) is 5.91 Å². The highest BCUT2D eigenvalue weighted by Gasteiger charge is 2.42. The molecular formula is C31H26ClNO4. The summed E-state index contributed by atoms with van der Waals surface area (Å²) < 4.78 is 6.10. The van der Waals surface area contributed by atoms with Crippen LogP contribution in [0.1, 0.15) is 40.4 Å². The molecule has 0 aromatic heterocycles. The van der Waals surface area contributed by atoms with Crippen molar-refractivity contribution in [1.29, 1.82) is 0 Å². The van der Waals surface area contributed by atoms with E-state index in [2.05, 4.69) is 0 Å². The number of carbonyl (C=O) groups is 2. The van der Waals surface area contributed by atoms with Crippen molar-refractivity contribution in [2.45, 2.75) is 31.5 Å². The van der Waals surface area contributed by atoms with E-state index in [0.29, 0.717) is 30.0 Å². The Kier molecular flexibility index (Phi) is 7.24. The van der Waals surface area contributed by atoms with Gasteiger partial charge in [-0.3, -0.25) is 4.79 Å². The van der Waals surface area contributed by atoms with Crippen molar-refractivity contribution < 1.29 is 19.4 Å². The van der Waals surface area contributed by atoms with Crippen LogP contribution in [0, 0.1) is 0 Å². The van der Waals surface area contributed by atoms with Gasteiger partial charge in [-0.15, -0.1) is 0 Å². The highest BCUT2D eigenvalue weighted by Crippen LogP contribution is 2.40. The van der Waals surface area contributed by atoms with Crippen LogP contribution in [-0.2, 0) is 11.4 Å². The van der Waals surface area contributed by atoms with Gasteiger partial charge in [0.2, 0.25) is 0 Å². The molecule has 186 valence electrons. The lowest BCUT2D eigenvalue weighted by atomic mass is 10.0. The van der Waals surface area contributed by atoms with Crippen LogP contribution in [0.4, 0.5) is 0 Å². The first-order chi connectivity index (χ1) is 18.0. The van der Waals surface area contributed by atoms with E-state index in [9.17, 15) is 14.7 Å². The van der Waals surface area contributed by atoms with Crippen LogP contribution in [0.25, 0.3) is 11.1 Å². The molecule has 1 N–H and O–H groups in total. The molecule has 4 aromatic rings. The second-order valence-electron chi connectivity index (χ2n) is 9.03. The van der Waals surface area contributed by atoms with Crippen molar-refractivity contribution in [2.75, 3.05) is 0 Å². The molecule has 0 radical (unpaired) electrons. The fraction of sp³-hybridized carbons (Fsp3) is 0.161. The number of amides is 1. The topological polar surface area (TPSA) is 66.8 Å². The molecule has 1 heterocycles. The zero-order valence-corrected chi connectivity index (χ0v) is 20.8. The number of para-hydroxylation sites is 1. The number of ether oxygens (including phenoxy) is 1. The third-order valence-corrected chi connectivity index (χ3v) is 7.08. The van der Waals surface area contributed by atoms with Crippen LogP contribution in [-0.4, -0.2) is 27.9 Å². The fourth-order valence-electron chi connectivity index (χ4n) is 4.90. The number of carbonyl (C=O) groups excluding carboxylic acids is 1. The SMILES string of the molecule is O=C(O)C1CCC(c2ccccc2Cl)N1C(=O)c1ccc(-c2ccccc2OCc2ccccc2)cc1. The van der Waals surface area contributed by atoms with Gasteiger partial charge in [-0.1, -0.05) is 90.5 Å². The van der Waals surface area contributed by atoms with Crippen molar-refractivity contribution in [3.8, 4) is 16.9 Å². The number of hydrogen-bond donors (Lipinski definition) is 1. The van der Waals surface area contributed by atoms with Gasteiger partial charge < -0.3 is 14.7 Å². The number of hydrogen-bond acceptors (Lipinski definition) is 3. The minimum Gasteiger partial charge on any atom is -0.488 e. The number of rotatable bonds is 7. The third-order valence-electron chi connectivity index (χ3n) is 6.74. The van der Waals surface area contributed by atoms with Crippen LogP contribution >= 0.6 is 11.6 Å². The maximum Gasteiger partial charge on any atom is 0.326 e. The van der Waals surface area contributed by atoms with Gasteiger partial charge in [-0.2, -0.15) is 0 Å². The third kappa shape index (κ3) is 5.23. The van der Waals surface area contributed by atoms with Gasteiger partial charge in [-0.25, -0.2) is 4.79 Å². The predicted molar refractivity (Wildman–Crippen MR) is 144 cm³/mol. The van der Waals surface area contributed by atoms with Crippen LogP contribution in [0.3, 0.4) is 0 Å². The molecule has 1 saturated heterocycles. The first kappa shape index (κ1) is 24.6. The summed E-state index contributed by atoms with van der Waals surface area (Å²) in [6.07, 6.45) is 0.915. The molecular weight excluding hydrogens is 486 g/mol. The van der Waals surface area contributed by atoms with E-state index in [1.54, 1.807) is 18.2 Å². The van der Waals surface area contributed by atoms with Gasteiger partial charge in [0, 0.05) is 16.1 Å². The fourth-order valence-corrected chi connectivity index (χ4v) is 5.16. The first-order valence-electron chi connectivity index (χ1n) is 12.2. The van der Waals surface area contributed by atoms with Gasteiger partial charge in [0.05, 0.1) is 6.04 Å². The Morgan fingerprint density at radius 2 is 1.51 bits per heavy atom. The van der Waals surface area contributed by atoms with E-state index in [0.717, 1.165) is 28.0 Å². The average molecular weight is 512 g/mol. The van der Waals surface area contributed by atoms with Gasteiger partial charge in [-0.05, 0) is 53.8 Å². The summed E-state index contributed by atoms with van der Waals surface area (Å²) in [7, 11) is 0. The lowest BCUT2D eigenvalue weighted by Gasteiger charge is -2.29. The molecule has 0 aliphatic carbocycles. The second-order valence-corrected chi connectivity index (χ2v) is 9.44. The maximum absolute atomic E-state index is 13.6.